The van der Waals surface area contributed by atoms with Crippen molar-refractivity contribution in [3.05, 3.63) is 53.6 Å². The van der Waals surface area contributed by atoms with Gasteiger partial charge in [0.05, 0.1) is 12.2 Å². The molecule has 4 heteroatoms. The predicted molar refractivity (Wildman–Crippen MR) is 94.2 cm³/mol. The topological polar surface area (TPSA) is 55.8 Å². The number of benzene rings is 2. The molecule has 0 heterocycles. The first-order valence-corrected chi connectivity index (χ1v) is 8.03. The Morgan fingerprint density at radius 2 is 1.62 bits per heavy atom. The van der Waals surface area contributed by atoms with Gasteiger partial charge < -0.3 is 14.6 Å². The first kappa shape index (κ1) is 17.9. The highest BCUT2D eigenvalue weighted by Gasteiger charge is 2.15. The minimum atomic E-state index is -0.282. The Balaban J connectivity index is 2.00. The molecule has 0 fully saturated rings. The molecule has 2 aromatic rings. The van der Waals surface area contributed by atoms with Crippen LogP contribution in [0, 0.1) is 0 Å². The van der Waals surface area contributed by atoms with E-state index in [9.17, 15) is 9.90 Å². The number of phenolic OH excluding ortho intramolecular Hbond substituents is 1. The van der Waals surface area contributed by atoms with Gasteiger partial charge in [0.2, 0.25) is 5.78 Å². The van der Waals surface area contributed by atoms with E-state index in [2.05, 4.69) is 20.8 Å². The fraction of sp³-hybridized carbons (Fsp3) is 0.350. The molecule has 0 aliphatic carbocycles. The molecule has 0 spiro atoms. The van der Waals surface area contributed by atoms with Crippen molar-refractivity contribution in [3.63, 3.8) is 0 Å². The Bertz CT molecular complexity index is 697. The monoisotopic (exact) mass is 328 g/mol. The van der Waals surface area contributed by atoms with Crippen molar-refractivity contribution >= 4 is 5.78 Å². The Morgan fingerprint density at radius 1 is 1.00 bits per heavy atom. The van der Waals surface area contributed by atoms with Gasteiger partial charge in [0, 0.05) is 6.07 Å². The van der Waals surface area contributed by atoms with Crippen LogP contribution in [0.1, 0.15) is 43.6 Å². The molecule has 0 radical (unpaired) electrons. The van der Waals surface area contributed by atoms with Crippen molar-refractivity contribution in [3.8, 4) is 17.2 Å². The SMILES string of the molecule is CCOc1ccc(C(=O)COc2ccc(C(C)(C)C)cc2)c(O)c1. The van der Waals surface area contributed by atoms with Crippen LogP contribution in [-0.2, 0) is 5.41 Å². The lowest BCUT2D eigenvalue weighted by atomic mass is 9.87. The van der Waals surface area contributed by atoms with Gasteiger partial charge in [0.1, 0.15) is 17.2 Å². The van der Waals surface area contributed by atoms with Gasteiger partial charge in [-0.2, -0.15) is 0 Å². The molecule has 0 unspecified atom stereocenters. The third-order valence-corrected chi connectivity index (χ3v) is 3.67. The second-order valence-electron chi connectivity index (χ2n) is 6.60. The Labute approximate surface area is 143 Å². The predicted octanol–water partition coefficient (Wildman–Crippen LogP) is 4.35. The van der Waals surface area contributed by atoms with E-state index >= 15 is 0 Å². The number of ketones is 1. The number of aromatic hydroxyl groups is 1. The summed E-state index contributed by atoms with van der Waals surface area (Å²) in [7, 11) is 0. The smallest absolute Gasteiger partial charge is 0.203 e. The van der Waals surface area contributed by atoms with Crippen LogP contribution < -0.4 is 9.47 Å². The lowest BCUT2D eigenvalue weighted by Crippen LogP contribution is -2.13. The van der Waals surface area contributed by atoms with Crippen molar-refractivity contribution in [2.75, 3.05) is 13.2 Å². The van der Waals surface area contributed by atoms with Gasteiger partial charge in [-0.25, -0.2) is 0 Å². The Morgan fingerprint density at radius 3 is 2.17 bits per heavy atom. The maximum absolute atomic E-state index is 12.2. The molecule has 0 aliphatic heterocycles. The van der Waals surface area contributed by atoms with Gasteiger partial charge in [-0.15, -0.1) is 0 Å². The van der Waals surface area contributed by atoms with Crippen molar-refractivity contribution < 1.29 is 19.4 Å². The molecule has 4 nitrogen and oxygen atoms in total. The maximum atomic E-state index is 12.2. The van der Waals surface area contributed by atoms with E-state index in [1.165, 1.54) is 11.6 Å². The fourth-order valence-corrected chi connectivity index (χ4v) is 2.28. The zero-order valence-corrected chi connectivity index (χ0v) is 14.6. The molecular weight excluding hydrogens is 304 g/mol. The summed E-state index contributed by atoms with van der Waals surface area (Å²) in [5.74, 6) is 0.778. The second kappa shape index (κ2) is 7.39. The standard InChI is InChI=1S/C20H24O4/c1-5-23-16-10-11-17(18(21)12-16)19(22)13-24-15-8-6-14(7-9-15)20(2,3)4/h6-12,21H,5,13H2,1-4H3. The Kier molecular flexibility index (Phi) is 5.50. The van der Waals surface area contributed by atoms with E-state index in [1.54, 1.807) is 12.1 Å². The van der Waals surface area contributed by atoms with Gasteiger partial charge >= 0.3 is 0 Å². The average Bonchev–Trinajstić information content (AvgIpc) is 2.52. The van der Waals surface area contributed by atoms with Gasteiger partial charge in [-0.3, -0.25) is 4.79 Å². The summed E-state index contributed by atoms with van der Waals surface area (Å²) in [6, 6.07) is 12.3. The van der Waals surface area contributed by atoms with Crippen LogP contribution in [0.25, 0.3) is 0 Å². The zero-order chi connectivity index (χ0) is 17.7. The van der Waals surface area contributed by atoms with E-state index in [0.717, 1.165) is 0 Å². The average molecular weight is 328 g/mol. The molecule has 0 bridgehead atoms. The van der Waals surface area contributed by atoms with Crippen LogP contribution in [0.15, 0.2) is 42.5 Å². The zero-order valence-electron chi connectivity index (χ0n) is 14.6. The number of hydrogen-bond acceptors (Lipinski definition) is 4. The fourth-order valence-electron chi connectivity index (χ4n) is 2.28. The molecule has 2 aromatic carbocycles. The van der Waals surface area contributed by atoms with E-state index < -0.39 is 0 Å². The summed E-state index contributed by atoms with van der Waals surface area (Å²) in [5, 5.41) is 9.96. The first-order chi connectivity index (χ1) is 11.3. The van der Waals surface area contributed by atoms with Crippen LogP contribution in [0.5, 0.6) is 17.2 Å². The maximum Gasteiger partial charge on any atom is 0.203 e. The summed E-state index contributed by atoms with van der Waals surface area (Å²) in [6.45, 7) is 8.65. The van der Waals surface area contributed by atoms with Crippen LogP contribution in [-0.4, -0.2) is 24.1 Å². The lowest BCUT2D eigenvalue weighted by Gasteiger charge is -2.19. The number of phenols is 1. The lowest BCUT2D eigenvalue weighted by molar-refractivity contribution is 0.0918. The minimum absolute atomic E-state index is 0.0719. The number of rotatable bonds is 6. The van der Waals surface area contributed by atoms with Gasteiger partial charge in [0.25, 0.3) is 0 Å². The molecule has 0 saturated carbocycles. The largest absolute Gasteiger partial charge is 0.507 e. The summed E-state index contributed by atoms with van der Waals surface area (Å²) in [5.41, 5.74) is 1.50. The van der Waals surface area contributed by atoms with E-state index in [-0.39, 0.29) is 29.1 Å². The first-order valence-electron chi connectivity index (χ1n) is 8.03. The molecule has 0 atom stereocenters. The molecule has 0 aliphatic rings. The molecule has 24 heavy (non-hydrogen) atoms. The Hall–Kier alpha value is -2.49. The summed E-state index contributed by atoms with van der Waals surface area (Å²) >= 11 is 0. The number of Topliss-reactive ketones (excluding diaryl/α,β-unsaturated/α-hetero) is 1. The third-order valence-electron chi connectivity index (χ3n) is 3.67. The van der Waals surface area contributed by atoms with Crippen LogP contribution in [0.2, 0.25) is 0 Å². The summed E-state index contributed by atoms with van der Waals surface area (Å²) in [6.07, 6.45) is 0. The number of carbonyl (C=O) groups is 1. The van der Waals surface area contributed by atoms with Crippen molar-refractivity contribution in [1.29, 1.82) is 0 Å². The molecule has 0 aromatic heterocycles. The second-order valence-corrected chi connectivity index (χ2v) is 6.60. The molecule has 0 saturated heterocycles. The van der Waals surface area contributed by atoms with E-state index in [0.29, 0.717) is 18.1 Å². The van der Waals surface area contributed by atoms with Gasteiger partial charge in [0.15, 0.2) is 6.61 Å². The number of hydrogen-bond donors (Lipinski definition) is 1. The highest BCUT2D eigenvalue weighted by atomic mass is 16.5. The van der Waals surface area contributed by atoms with E-state index in [1.807, 2.05) is 31.2 Å². The molecule has 2 rings (SSSR count). The summed E-state index contributed by atoms with van der Waals surface area (Å²) in [4.78, 5) is 12.2. The molecule has 0 amide bonds. The van der Waals surface area contributed by atoms with Crippen LogP contribution in [0.4, 0.5) is 0 Å². The van der Waals surface area contributed by atoms with Crippen LogP contribution >= 0.6 is 0 Å². The minimum Gasteiger partial charge on any atom is -0.507 e. The van der Waals surface area contributed by atoms with Crippen LogP contribution in [0.3, 0.4) is 0 Å². The molecule has 128 valence electrons. The van der Waals surface area contributed by atoms with Crippen molar-refractivity contribution in [2.24, 2.45) is 0 Å². The van der Waals surface area contributed by atoms with Gasteiger partial charge in [-0.05, 0) is 42.2 Å². The highest BCUT2D eigenvalue weighted by Crippen LogP contribution is 2.26. The summed E-state index contributed by atoms with van der Waals surface area (Å²) < 4.78 is 10.8. The highest BCUT2D eigenvalue weighted by molar-refractivity contribution is 5.99. The van der Waals surface area contributed by atoms with Crippen molar-refractivity contribution in [2.45, 2.75) is 33.1 Å². The van der Waals surface area contributed by atoms with Gasteiger partial charge in [-0.1, -0.05) is 32.9 Å². The normalized spacial score (nSPS) is 11.2. The number of carbonyl (C=O) groups excluding carboxylic acids is 1. The third kappa shape index (κ3) is 4.51. The quantitative estimate of drug-likeness (QED) is 0.801. The number of ether oxygens (including phenoxy) is 2. The van der Waals surface area contributed by atoms with Crippen molar-refractivity contribution in [1.82, 2.24) is 0 Å². The van der Waals surface area contributed by atoms with E-state index in [4.69, 9.17) is 9.47 Å². The molecular formula is C20H24O4. The molecule has 1 N–H and O–H groups in total.